The van der Waals surface area contributed by atoms with E-state index in [4.69, 9.17) is 0 Å². The highest BCUT2D eigenvalue weighted by atomic mass is 32.2. The van der Waals surface area contributed by atoms with E-state index in [1.54, 1.807) is 11.8 Å². The number of likely N-dealkylation sites (tertiary alicyclic amines) is 1. The highest BCUT2D eigenvalue weighted by Crippen LogP contribution is 2.18. The maximum absolute atomic E-state index is 11.5. The Bertz CT molecular complexity index is 276. The van der Waals surface area contributed by atoms with E-state index in [1.807, 2.05) is 19.9 Å². The first-order valence-electron chi connectivity index (χ1n) is 5.20. The van der Waals surface area contributed by atoms with Crippen LogP contribution < -0.4 is 0 Å². The van der Waals surface area contributed by atoms with Crippen molar-refractivity contribution in [2.45, 2.75) is 20.3 Å². The highest BCUT2D eigenvalue weighted by Gasteiger charge is 2.34. The lowest BCUT2D eigenvalue weighted by molar-refractivity contribution is -0.138. The van der Waals surface area contributed by atoms with Crippen molar-refractivity contribution in [2.75, 3.05) is 18.1 Å². The number of allylic oxidation sites excluding steroid dienone is 1. The molecule has 1 fully saturated rings. The standard InChI is InChI=1S/C11H17NO2S/c1-3-4-6-15-7-5-12-10(13)8-9(2)11(12)14/h3-4,9H,5-8H2,1-2H3/t9-/m1/s1. The molecule has 0 spiro atoms. The van der Waals surface area contributed by atoms with Crippen LogP contribution in [0.25, 0.3) is 0 Å². The summed E-state index contributed by atoms with van der Waals surface area (Å²) < 4.78 is 0. The second-order valence-electron chi connectivity index (χ2n) is 3.63. The minimum atomic E-state index is -0.113. The third kappa shape index (κ3) is 3.38. The van der Waals surface area contributed by atoms with E-state index in [2.05, 4.69) is 6.08 Å². The lowest BCUT2D eigenvalue weighted by Crippen LogP contribution is -2.32. The van der Waals surface area contributed by atoms with Crippen LogP contribution in [0.3, 0.4) is 0 Å². The van der Waals surface area contributed by atoms with E-state index < -0.39 is 0 Å². The number of imide groups is 1. The van der Waals surface area contributed by atoms with Crippen LogP contribution in [0, 0.1) is 5.92 Å². The molecule has 0 aromatic rings. The Morgan fingerprint density at radius 2 is 2.27 bits per heavy atom. The maximum Gasteiger partial charge on any atom is 0.232 e. The van der Waals surface area contributed by atoms with Crippen LogP contribution >= 0.6 is 11.8 Å². The first kappa shape index (κ1) is 12.3. The summed E-state index contributed by atoms with van der Waals surface area (Å²) in [5.74, 6) is 1.64. The van der Waals surface area contributed by atoms with Crippen LogP contribution in [0.1, 0.15) is 20.3 Å². The van der Waals surface area contributed by atoms with Crippen molar-refractivity contribution in [3.05, 3.63) is 12.2 Å². The minimum Gasteiger partial charge on any atom is -0.282 e. The lowest BCUT2D eigenvalue weighted by Gasteiger charge is -2.13. The Morgan fingerprint density at radius 1 is 1.53 bits per heavy atom. The molecule has 0 bridgehead atoms. The molecule has 1 aliphatic rings. The number of rotatable bonds is 5. The summed E-state index contributed by atoms with van der Waals surface area (Å²) in [4.78, 5) is 24.3. The number of hydrogen-bond donors (Lipinski definition) is 0. The number of carbonyl (C=O) groups is 2. The molecule has 0 aliphatic carbocycles. The van der Waals surface area contributed by atoms with Gasteiger partial charge in [-0.3, -0.25) is 14.5 Å². The second kappa shape index (κ2) is 5.95. The molecule has 1 heterocycles. The molecular formula is C11H17NO2S. The predicted octanol–water partition coefficient (Wildman–Crippen LogP) is 1.69. The Balaban J connectivity index is 2.26. The molecule has 0 unspecified atom stereocenters. The van der Waals surface area contributed by atoms with Crippen molar-refractivity contribution >= 4 is 23.6 Å². The zero-order valence-electron chi connectivity index (χ0n) is 9.23. The van der Waals surface area contributed by atoms with E-state index in [1.165, 1.54) is 4.90 Å². The number of nitrogens with zero attached hydrogens (tertiary/aromatic N) is 1. The number of amides is 2. The largest absolute Gasteiger partial charge is 0.282 e. The normalized spacial score (nSPS) is 22.0. The van der Waals surface area contributed by atoms with Gasteiger partial charge >= 0.3 is 0 Å². The number of hydrogen-bond acceptors (Lipinski definition) is 3. The second-order valence-corrected chi connectivity index (χ2v) is 4.78. The summed E-state index contributed by atoms with van der Waals surface area (Å²) in [5.41, 5.74) is 0. The molecule has 1 aliphatic heterocycles. The summed E-state index contributed by atoms with van der Waals surface area (Å²) in [6.45, 7) is 4.35. The van der Waals surface area contributed by atoms with Gasteiger partial charge in [0, 0.05) is 30.4 Å². The molecule has 15 heavy (non-hydrogen) atoms. The molecule has 2 amide bonds. The van der Waals surface area contributed by atoms with Gasteiger partial charge < -0.3 is 0 Å². The number of carbonyl (C=O) groups excluding carboxylic acids is 2. The molecule has 84 valence electrons. The molecule has 0 aromatic carbocycles. The first-order valence-corrected chi connectivity index (χ1v) is 6.35. The van der Waals surface area contributed by atoms with Crippen LogP contribution in [0.5, 0.6) is 0 Å². The van der Waals surface area contributed by atoms with Crippen LogP contribution in [0.2, 0.25) is 0 Å². The van der Waals surface area contributed by atoms with Crippen molar-refractivity contribution in [1.29, 1.82) is 0 Å². The van der Waals surface area contributed by atoms with Gasteiger partial charge in [0.05, 0.1) is 0 Å². The van der Waals surface area contributed by atoms with E-state index in [-0.39, 0.29) is 17.7 Å². The Labute approximate surface area is 94.9 Å². The van der Waals surface area contributed by atoms with Crippen LogP contribution in [-0.4, -0.2) is 34.8 Å². The van der Waals surface area contributed by atoms with Crippen LogP contribution in [-0.2, 0) is 9.59 Å². The van der Waals surface area contributed by atoms with Crippen LogP contribution in [0.4, 0.5) is 0 Å². The van der Waals surface area contributed by atoms with Crippen molar-refractivity contribution in [1.82, 2.24) is 4.90 Å². The topological polar surface area (TPSA) is 37.4 Å². The fourth-order valence-corrected chi connectivity index (χ4v) is 2.29. The molecule has 1 atom stereocenters. The summed E-state index contributed by atoms with van der Waals surface area (Å²) in [5, 5.41) is 0. The Morgan fingerprint density at radius 3 is 2.80 bits per heavy atom. The summed E-state index contributed by atoms with van der Waals surface area (Å²) in [6.07, 6.45) is 4.46. The molecule has 1 saturated heterocycles. The summed E-state index contributed by atoms with van der Waals surface area (Å²) >= 11 is 1.74. The van der Waals surface area contributed by atoms with Gasteiger partial charge in [-0.15, -0.1) is 0 Å². The van der Waals surface area contributed by atoms with Gasteiger partial charge in [0.2, 0.25) is 11.8 Å². The molecule has 0 aromatic heterocycles. The maximum atomic E-state index is 11.5. The van der Waals surface area contributed by atoms with E-state index >= 15 is 0 Å². The minimum absolute atomic E-state index is 0.00775. The van der Waals surface area contributed by atoms with Crippen molar-refractivity contribution < 1.29 is 9.59 Å². The van der Waals surface area contributed by atoms with Crippen molar-refractivity contribution in [3.8, 4) is 0 Å². The molecule has 1 rings (SSSR count). The van der Waals surface area contributed by atoms with Crippen molar-refractivity contribution in [3.63, 3.8) is 0 Å². The van der Waals surface area contributed by atoms with E-state index in [9.17, 15) is 9.59 Å². The quantitative estimate of drug-likeness (QED) is 0.407. The highest BCUT2D eigenvalue weighted by molar-refractivity contribution is 7.99. The number of thioether (sulfide) groups is 1. The molecule has 0 radical (unpaired) electrons. The van der Waals surface area contributed by atoms with Gasteiger partial charge in [-0.1, -0.05) is 19.1 Å². The first-order chi connectivity index (χ1) is 7.16. The molecule has 4 heteroatoms. The molecule has 3 nitrogen and oxygen atoms in total. The zero-order chi connectivity index (χ0) is 11.3. The fraction of sp³-hybridized carbons (Fsp3) is 0.636. The third-order valence-electron chi connectivity index (χ3n) is 2.38. The van der Waals surface area contributed by atoms with Gasteiger partial charge in [-0.05, 0) is 6.92 Å². The predicted molar refractivity (Wildman–Crippen MR) is 62.6 cm³/mol. The average Bonchev–Trinajstić information content (AvgIpc) is 2.44. The smallest absolute Gasteiger partial charge is 0.232 e. The Kier molecular flexibility index (Phi) is 4.88. The van der Waals surface area contributed by atoms with Gasteiger partial charge in [-0.2, -0.15) is 11.8 Å². The molecule has 0 saturated carbocycles. The molecular weight excluding hydrogens is 210 g/mol. The summed E-state index contributed by atoms with van der Waals surface area (Å²) in [6, 6.07) is 0. The summed E-state index contributed by atoms with van der Waals surface area (Å²) in [7, 11) is 0. The molecule has 0 N–H and O–H groups in total. The SMILES string of the molecule is CC=CCSCCN1C(=O)C[C@@H](C)C1=O. The zero-order valence-corrected chi connectivity index (χ0v) is 10.0. The monoisotopic (exact) mass is 227 g/mol. The third-order valence-corrected chi connectivity index (χ3v) is 3.28. The van der Waals surface area contributed by atoms with Gasteiger partial charge in [0.25, 0.3) is 0 Å². The van der Waals surface area contributed by atoms with E-state index in [0.29, 0.717) is 13.0 Å². The van der Waals surface area contributed by atoms with E-state index in [0.717, 1.165) is 11.5 Å². The Hall–Kier alpha value is -0.770. The fourth-order valence-electron chi connectivity index (χ4n) is 1.49. The van der Waals surface area contributed by atoms with Crippen molar-refractivity contribution in [2.24, 2.45) is 5.92 Å². The van der Waals surface area contributed by atoms with Gasteiger partial charge in [0.1, 0.15) is 0 Å². The van der Waals surface area contributed by atoms with Gasteiger partial charge in [-0.25, -0.2) is 0 Å². The van der Waals surface area contributed by atoms with Crippen LogP contribution in [0.15, 0.2) is 12.2 Å². The average molecular weight is 227 g/mol. The lowest BCUT2D eigenvalue weighted by atomic mass is 10.1. The van der Waals surface area contributed by atoms with Gasteiger partial charge in [0.15, 0.2) is 0 Å².